The summed E-state index contributed by atoms with van der Waals surface area (Å²) in [6.07, 6.45) is 4.67. The van der Waals surface area contributed by atoms with E-state index >= 15 is 0 Å². The van der Waals surface area contributed by atoms with Crippen molar-refractivity contribution in [1.82, 2.24) is 14.7 Å². The molecule has 2 aliphatic rings. The number of aromatic nitrogens is 2. The molecule has 1 aliphatic heterocycles. The summed E-state index contributed by atoms with van der Waals surface area (Å²) in [7, 11) is 0. The molecule has 0 bridgehead atoms. The number of hydrogen-bond donors (Lipinski definition) is 0. The molecule has 116 valence electrons. The van der Waals surface area contributed by atoms with Gasteiger partial charge >= 0.3 is 0 Å². The molecule has 0 radical (unpaired) electrons. The van der Waals surface area contributed by atoms with Crippen molar-refractivity contribution in [2.24, 2.45) is 5.92 Å². The Kier molecular flexibility index (Phi) is 4.29. The molecule has 0 aromatic carbocycles. The monoisotopic (exact) mass is 291 g/mol. The van der Waals surface area contributed by atoms with E-state index in [1.165, 1.54) is 12.8 Å². The number of carbonyl (C=O) groups is 1. The van der Waals surface area contributed by atoms with Gasteiger partial charge in [0.15, 0.2) is 0 Å². The molecule has 0 unspecified atom stereocenters. The number of nitrogens with zero attached hydrogens (tertiary/aromatic N) is 3. The standard InChI is InChI=1S/C16H25N3O2/c1-12-8-13(2)19(17-12)9-15-4-3-7-18(15)16(20)11-21-10-14-5-6-14/h8,14-15H,3-7,9-11H2,1-2H3/t15-/m0/s1. The third kappa shape index (κ3) is 3.64. The predicted molar refractivity (Wildman–Crippen MR) is 80.0 cm³/mol. The summed E-state index contributed by atoms with van der Waals surface area (Å²) >= 11 is 0. The first-order valence-electron chi connectivity index (χ1n) is 8.02. The molecular formula is C16H25N3O2. The number of aryl methyl sites for hydroxylation is 2. The van der Waals surface area contributed by atoms with E-state index in [4.69, 9.17) is 4.74 Å². The number of ether oxygens (including phenoxy) is 1. The van der Waals surface area contributed by atoms with E-state index in [1.807, 2.05) is 16.5 Å². The van der Waals surface area contributed by atoms with Crippen molar-refractivity contribution in [2.45, 2.75) is 52.1 Å². The van der Waals surface area contributed by atoms with Gasteiger partial charge in [0.2, 0.25) is 5.91 Å². The van der Waals surface area contributed by atoms with Crippen molar-refractivity contribution in [2.75, 3.05) is 19.8 Å². The first-order valence-corrected chi connectivity index (χ1v) is 8.02. The van der Waals surface area contributed by atoms with Gasteiger partial charge in [-0.1, -0.05) is 0 Å². The summed E-state index contributed by atoms with van der Waals surface area (Å²) in [5.41, 5.74) is 2.20. The molecule has 0 spiro atoms. The van der Waals surface area contributed by atoms with Crippen LogP contribution in [0.3, 0.4) is 0 Å². The van der Waals surface area contributed by atoms with Gasteiger partial charge in [-0.05, 0) is 51.5 Å². The van der Waals surface area contributed by atoms with Gasteiger partial charge in [0.25, 0.3) is 0 Å². The van der Waals surface area contributed by atoms with Gasteiger partial charge in [-0.2, -0.15) is 5.10 Å². The van der Waals surface area contributed by atoms with Crippen molar-refractivity contribution in [3.63, 3.8) is 0 Å². The van der Waals surface area contributed by atoms with E-state index in [9.17, 15) is 4.79 Å². The second-order valence-corrected chi connectivity index (χ2v) is 6.45. The molecule has 1 saturated heterocycles. The van der Waals surface area contributed by atoms with Crippen LogP contribution in [0.2, 0.25) is 0 Å². The minimum atomic E-state index is 0.139. The zero-order chi connectivity index (χ0) is 14.8. The lowest BCUT2D eigenvalue weighted by Gasteiger charge is -2.25. The summed E-state index contributed by atoms with van der Waals surface area (Å²) in [6, 6.07) is 2.35. The van der Waals surface area contributed by atoms with Crippen LogP contribution in [0.5, 0.6) is 0 Å². The Hall–Kier alpha value is -1.36. The highest BCUT2D eigenvalue weighted by molar-refractivity contribution is 5.78. The van der Waals surface area contributed by atoms with Gasteiger partial charge in [-0.25, -0.2) is 0 Å². The third-order valence-corrected chi connectivity index (χ3v) is 4.46. The Bertz CT molecular complexity index is 508. The van der Waals surface area contributed by atoms with Crippen molar-refractivity contribution < 1.29 is 9.53 Å². The minimum Gasteiger partial charge on any atom is -0.371 e. The molecule has 1 aromatic rings. The topological polar surface area (TPSA) is 47.4 Å². The van der Waals surface area contributed by atoms with Crippen molar-refractivity contribution in [3.8, 4) is 0 Å². The van der Waals surface area contributed by atoms with Crippen molar-refractivity contribution in [1.29, 1.82) is 0 Å². The number of likely N-dealkylation sites (tertiary alicyclic amines) is 1. The van der Waals surface area contributed by atoms with Crippen LogP contribution in [0.15, 0.2) is 6.07 Å². The van der Waals surface area contributed by atoms with Crippen LogP contribution in [-0.2, 0) is 16.1 Å². The zero-order valence-electron chi connectivity index (χ0n) is 13.0. The predicted octanol–water partition coefficient (Wildman–Crippen LogP) is 1.92. The van der Waals surface area contributed by atoms with Gasteiger partial charge in [0.05, 0.1) is 24.9 Å². The van der Waals surface area contributed by atoms with Crippen LogP contribution in [-0.4, -0.2) is 46.4 Å². The quantitative estimate of drug-likeness (QED) is 0.804. The van der Waals surface area contributed by atoms with Crippen LogP contribution in [0, 0.1) is 19.8 Å². The molecule has 1 aliphatic carbocycles. The van der Waals surface area contributed by atoms with E-state index in [0.717, 1.165) is 43.9 Å². The zero-order valence-corrected chi connectivity index (χ0v) is 13.0. The fraction of sp³-hybridized carbons (Fsp3) is 0.750. The minimum absolute atomic E-state index is 0.139. The maximum absolute atomic E-state index is 12.3. The first kappa shape index (κ1) is 14.6. The summed E-state index contributed by atoms with van der Waals surface area (Å²) in [5.74, 6) is 0.849. The Morgan fingerprint density at radius 3 is 2.86 bits per heavy atom. The molecule has 3 rings (SSSR count). The van der Waals surface area contributed by atoms with Gasteiger partial charge < -0.3 is 9.64 Å². The van der Waals surface area contributed by atoms with Crippen LogP contribution in [0.25, 0.3) is 0 Å². The van der Waals surface area contributed by atoms with Gasteiger partial charge in [0, 0.05) is 12.2 Å². The largest absolute Gasteiger partial charge is 0.371 e. The van der Waals surface area contributed by atoms with Crippen LogP contribution < -0.4 is 0 Å². The van der Waals surface area contributed by atoms with Crippen LogP contribution in [0.4, 0.5) is 0 Å². The van der Waals surface area contributed by atoms with Gasteiger partial charge in [-0.3, -0.25) is 9.48 Å². The molecular weight excluding hydrogens is 266 g/mol. The lowest BCUT2D eigenvalue weighted by Crippen LogP contribution is -2.40. The SMILES string of the molecule is Cc1cc(C)n(C[C@@H]2CCCN2C(=O)COCC2CC2)n1. The van der Waals surface area contributed by atoms with Gasteiger partial charge in [-0.15, -0.1) is 0 Å². The number of amides is 1. The second-order valence-electron chi connectivity index (χ2n) is 6.45. The lowest BCUT2D eigenvalue weighted by molar-refractivity contribution is -0.137. The molecule has 21 heavy (non-hydrogen) atoms. The molecule has 2 heterocycles. The fourth-order valence-electron chi connectivity index (χ4n) is 3.09. The lowest BCUT2D eigenvalue weighted by atomic mass is 10.2. The van der Waals surface area contributed by atoms with E-state index in [0.29, 0.717) is 5.92 Å². The Labute approximate surface area is 126 Å². The Morgan fingerprint density at radius 2 is 2.19 bits per heavy atom. The average Bonchev–Trinajstić information content (AvgIpc) is 3.04. The maximum Gasteiger partial charge on any atom is 0.248 e. The molecule has 1 saturated carbocycles. The van der Waals surface area contributed by atoms with Crippen LogP contribution >= 0.6 is 0 Å². The molecule has 2 fully saturated rings. The normalized spacial score (nSPS) is 22.0. The second kappa shape index (κ2) is 6.18. The van der Waals surface area contributed by atoms with Gasteiger partial charge in [0.1, 0.15) is 6.61 Å². The molecule has 5 heteroatoms. The fourth-order valence-corrected chi connectivity index (χ4v) is 3.09. The molecule has 5 nitrogen and oxygen atoms in total. The van der Waals surface area contributed by atoms with Crippen LogP contribution in [0.1, 0.15) is 37.1 Å². The summed E-state index contributed by atoms with van der Waals surface area (Å²) in [4.78, 5) is 14.3. The smallest absolute Gasteiger partial charge is 0.248 e. The van der Waals surface area contributed by atoms with E-state index < -0.39 is 0 Å². The highest BCUT2D eigenvalue weighted by Crippen LogP contribution is 2.28. The number of carbonyl (C=O) groups excluding carboxylic acids is 1. The molecule has 0 N–H and O–H groups in total. The van der Waals surface area contributed by atoms with E-state index in [2.05, 4.69) is 18.1 Å². The van der Waals surface area contributed by atoms with E-state index in [-0.39, 0.29) is 18.6 Å². The maximum atomic E-state index is 12.3. The molecule has 1 atom stereocenters. The molecule has 1 amide bonds. The summed E-state index contributed by atoms with van der Waals surface area (Å²) < 4.78 is 7.57. The summed E-state index contributed by atoms with van der Waals surface area (Å²) in [5, 5.41) is 4.51. The van der Waals surface area contributed by atoms with Crippen molar-refractivity contribution in [3.05, 3.63) is 17.5 Å². The highest BCUT2D eigenvalue weighted by atomic mass is 16.5. The number of rotatable bonds is 6. The highest BCUT2D eigenvalue weighted by Gasteiger charge is 2.30. The number of hydrogen-bond acceptors (Lipinski definition) is 3. The van der Waals surface area contributed by atoms with Crippen molar-refractivity contribution >= 4 is 5.91 Å². The Balaban J connectivity index is 1.53. The summed E-state index contributed by atoms with van der Waals surface area (Å²) in [6.45, 7) is 6.72. The molecule has 1 aromatic heterocycles. The average molecular weight is 291 g/mol. The van der Waals surface area contributed by atoms with E-state index in [1.54, 1.807) is 0 Å². The first-order chi connectivity index (χ1) is 10.1. The Morgan fingerprint density at radius 1 is 1.38 bits per heavy atom. The third-order valence-electron chi connectivity index (χ3n) is 4.46.